The number of anilines is 1. The number of aromatic nitrogens is 4. The SMILES string of the molecule is Cn1cc2cc(-n3nc(/C=C/C(=O)O)c(N)c(Cl)c3=O)ccc2n1. The number of carboxylic acid groups (broad SMARTS) is 1. The molecule has 122 valence electrons. The van der Waals surface area contributed by atoms with Crippen LogP contribution in [0.5, 0.6) is 0 Å². The molecule has 3 rings (SSSR count). The second-order valence-electron chi connectivity index (χ2n) is 5.05. The van der Waals surface area contributed by atoms with E-state index in [0.29, 0.717) is 5.69 Å². The van der Waals surface area contributed by atoms with Crippen molar-refractivity contribution >= 4 is 40.2 Å². The third-order valence-corrected chi connectivity index (χ3v) is 3.70. The van der Waals surface area contributed by atoms with Gasteiger partial charge in [0.25, 0.3) is 5.56 Å². The van der Waals surface area contributed by atoms with E-state index in [1.54, 1.807) is 36.1 Å². The predicted molar refractivity (Wildman–Crippen MR) is 90.2 cm³/mol. The van der Waals surface area contributed by atoms with Gasteiger partial charge in [-0.05, 0) is 24.3 Å². The molecule has 0 saturated heterocycles. The summed E-state index contributed by atoms with van der Waals surface area (Å²) in [4.78, 5) is 23.0. The molecule has 0 unspecified atom stereocenters. The van der Waals surface area contributed by atoms with Gasteiger partial charge in [0.2, 0.25) is 0 Å². The number of fused-ring (bicyclic) bond motifs is 1. The summed E-state index contributed by atoms with van der Waals surface area (Å²) in [5.74, 6) is -1.16. The third kappa shape index (κ3) is 2.74. The predicted octanol–water partition coefficient (Wildman–Crippen LogP) is 1.45. The molecular formula is C15H12ClN5O3. The summed E-state index contributed by atoms with van der Waals surface area (Å²) in [5, 5.41) is 17.7. The fourth-order valence-electron chi connectivity index (χ4n) is 2.24. The first-order chi connectivity index (χ1) is 11.4. The van der Waals surface area contributed by atoms with Crippen LogP contribution in [0.1, 0.15) is 5.69 Å². The van der Waals surface area contributed by atoms with Gasteiger partial charge in [-0.25, -0.2) is 4.79 Å². The van der Waals surface area contributed by atoms with E-state index in [-0.39, 0.29) is 16.4 Å². The van der Waals surface area contributed by atoms with Gasteiger partial charge in [-0.1, -0.05) is 11.6 Å². The van der Waals surface area contributed by atoms with E-state index >= 15 is 0 Å². The molecule has 3 aromatic rings. The van der Waals surface area contributed by atoms with Crippen molar-refractivity contribution in [2.45, 2.75) is 0 Å². The largest absolute Gasteiger partial charge is 0.478 e. The fourth-order valence-corrected chi connectivity index (χ4v) is 2.42. The van der Waals surface area contributed by atoms with Gasteiger partial charge in [0.1, 0.15) is 10.7 Å². The van der Waals surface area contributed by atoms with E-state index in [4.69, 9.17) is 22.4 Å². The highest BCUT2D eigenvalue weighted by atomic mass is 35.5. The van der Waals surface area contributed by atoms with Crippen LogP contribution >= 0.6 is 11.6 Å². The van der Waals surface area contributed by atoms with E-state index in [1.807, 2.05) is 0 Å². The second-order valence-corrected chi connectivity index (χ2v) is 5.43. The summed E-state index contributed by atoms with van der Waals surface area (Å²) in [6.07, 6.45) is 3.85. The molecule has 0 bridgehead atoms. The number of carbonyl (C=O) groups is 1. The summed E-state index contributed by atoms with van der Waals surface area (Å²) < 4.78 is 2.73. The van der Waals surface area contributed by atoms with E-state index < -0.39 is 11.5 Å². The molecule has 0 saturated carbocycles. The Labute approximate surface area is 140 Å². The smallest absolute Gasteiger partial charge is 0.328 e. The first-order valence-electron chi connectivity index (χ1n) is 6.80. The number of hydrogen-bond donors (Lipinski definition) is 2. The van der Waals surface area contributed by atoms with Crippen molar-refractivity contribution in [2.24, 2.45) is 7.05 Å². The molecule has 8 nitrogen and oxygen atoms in total. The lowest BCUT2D eigenvalue weighted by Crippen LogP contribution is -2.24. The summed E-state index contributed by atoms with van der Waals surface area (Å²) in [5.41, 5.74) is 6.40. The van der Waals surface area contributed by atoms with Crippen molar-refractivity contribution < 1.29 is 9.90 Å². The van der Waals surface area contributed by atoms with Gasteiger partial charge in [0.15, 0.2) is 0 Å². The van der Waals surface area contributed by atoms with Crippen molar-refractivity contribution in [2.75, 3.05) is 5.73 Å². The molecule has 0 aliphatic rings. The van der Waals surface area contributed by atoms with Crippen LogP contribution in [-0.4, -0.2) is 30.6 Å². The lowest BCUT2D eigenvalue weighted by molar-refractivity contribution is -0.131. The van der Waals surface area contributed by atoms with Gasteiger partial charge >= 0.3 is 5.97 Å². The Hall–Kier alpha value is -3.13. The van der Waals surface area contributed by atoms with Crippen LogP contribution in [0, 0.1) is 0 Å². The normalized spacial score (nSPS) is 11.4. The minimum Gasteiger partial charge on any atom is -0.478 e. The zero-order chi connectivity index (χ0) is 17.4. The fraction of sp³-hybridized carbons (Fsp3) is 0.0667. The summed E-state index contributed by atoms with van der Waals surface area (Å²) in [7, 11) is 1.79. The molecule has 0 aliphatic carbocycles. The van der Waals surface area contributed by atoms with Gasteiger partial charge < -0.3 is 10.8 Å². The molecule has 9 heteroatoms. The van der Waals surface area contributed by atoms with Crippen molar-refractivity contribution in [3.63, 3.8) is 0 Å². The first kappa shape index (κ1) is 15.8. The average Bonchev–Trinajstić information content (AvgIpc) is 2.91. The number of halogens is 1. The van der Waals surface area contributed by atoms with Crippen molar-refractivity contribution in [1.29, 1.82) is 0 Å². The Bertz CT molecular complexity index is 1050. The number of hydrogen-bond acceptors (Lipinski definition) is 5. The molecule has 2 heterocycles. The lowest BCUT2D eigenvalue weighted by atomic mass is 10.2. The average molecular weight is 346 g/mol. The van der Waals surface area contributed by atoms with E-state index in [9.17, 15) is 9.59 Å². The number of nitrogen functional groups attached to an aromatic ring is 1. The summed E-state index contributed by atoms with van der Waals surface area (Å²) in [6, 6.07) is 5.14. The highest BCUT2D eigenvalue weighted by molar-refractivity contribution is 6.33. The summed E-state index contributed by atoms with van der Waals surface area (Å²) >= 11 is 5.98. The quantitative estimate of drug-likeness (QED) is 0.694. The number of aliphatic carboxylic acids is 1. The molecule has 2 aromatic heterocycles. The highest BCUT2D eigenvalue weighted by Crippen LogP contribution is 2.21. The number of benzene rings is 1. The van der Waals surface area contributed by atoms with Gasteiger partial charge in [-0.15, -0.1) is 0 Å². The lowest BCUT2D eigenvalue weighted by Gasteiger charge is -2.09. The first-order valence-corrected chi connectivity index (χ1v) is 7.17. The molecule has 0 fully saturated rings. The molecule has 1 aromatic carbocycles. The Morgan fingerprint density at radius 3 is 2.83 bits per heavy atom. The Kier molecular flexibility index (Phi) is 3.82. The standard InChI is InChI=1S/C15H12ClN5O3/c1-20-7-8-6-9(2-3-10(8)18-20)21-15(24)13(16)14(17)11(19-21)4-5-12(22)23/h2-7H,17H2,1H3,(H,22,23)/b5-4+. The zero-order valence-electron chi connectivity index (χ0n) is 12.5. The summed E-state index contributed by atoms with van der Waals surface area (Å²) in [6.45, 7) is 0. The molecule has 0 spiro atoms. The number of carboxylic acids is 1. The molecule has 24 heavy (non-hydrogen) atoms. The Morgan fingerprint density at radius 1 is 1.38 bits per heavy atom. The van der Waals surface area contributed by atoms with Crippen LogP contribution < -0.4 is 11.3 Å². The molecular weight excluding hydrogens is 334 g/mol. The number of nitrogens with zero attached hydrogens (tertiary/aromatic N) is 4. The molecule has 0 radical (unpaired) electrons. The molecule has 0 aliphatic heterocycles. The van der Waals surface area contributed by atoms with E-state index in [2.05, 4.69) is 10.2 Å². The maximum atomic E-state index is 12.3. The second kappa shape index (κ2) is 5.82. The van der Waals surface area contributed by atoms with Gasteiger partial charge in [-0.2, -0.15) is 14.9 Å². The number of aryl methyl sites for hydroxylation is 1. The topological polar surface area (TPSA) is 116 Å². The van der Waals surface area contributed by atoms with Crippen LogP contribution in [0.25, 0.3) is 22.7 Å². The number of nitrogens with two attached hydrogens (primary N) is 1. The van der Waals surface area contributed by atoms with E-state index in [1.165, 1.54) is 6.08 Å². The van der Waals surface area contributed by atoms with Crippen molar-refractivity contribution in [3.8, 4) is 5.69 Å². The molecule has 3 N–H and O–H groups in total. The van der Waals surface area contributed by atoms with Gasteiger partial charge in [0.05, 0.1) is 16.9 Å². The van der Waals surface area contributed by atoms with Gasteiger partial charge in [-0.3, -0.25) is 9.48 Å². The van der Waals surface area contributed by atoms with Crippen molar-refractivity contribution in [1.82, 2.24) is 19.6 Å². The van der Waals surface area contributed by atoms with Gasteiger partial charge in [0, 0.05) is 24.7 Å². The zero-order valence-corrected chi connectivity index (χ0v) is 13.2. The van der Waals surface area contributed by atoms with Crippen LogP contribution in [0.15, 0.2) is 35.3 Å². The highest BCUT2D eigenvalue weighted by Gasteiger charge is 2.14. The third-order valence-electron chi connectivity index (χ3n) is 3.33. The van der Waals surface area contributed by atoms with E-state index in [0.717, 1.165) is 21.7 Å². The maximum absolute atomic E-state index is 12.3. The minimum absolute atomic E-state index is 0.0714. The van der Waals surface area contributed by atoms with Crippen LogP contribution in [-0.2, 0) is 11.8 Å². The minimum atomic E-state index is -1.16. The Balaban J connectivity index is 2.21. The van der Waals surface area contributed by atoms with Crippen LogP contribution in [0.2, 0.25) is 5.02 Å². The molecule has 0 amide bonds. The van der Waals surface area contributed by atoms with Crippen LogP contribution in [0.4, 0.5) is 5.69 Å². The van der Waals surface area contributed by atoms with Crippen molar-refractivity contribution in [3.05, 3.63) is 51.5 Å². The monoisotopic (exact) mass is 345 g/mol. The maximum Gasteiger partial charge on any atom is 0.328 e. The van der Waals surface area contributed by atoms with Crippen LogP contribution in [0.3, 0.4) is 0 Å². The molecule has 0 atom stereocenters. The number of rotatable bonds is 3. The Morgan fingerprint density at radius 2 is 2.12 bits per heavy atom.